The van der Waals surface area contributed by atoms with Gasteiger partial charge >= 0.3 is 5.69 Å². The predicted molar refractivity (Wildman–Crippen MR) is 65.9 cm³/mol. The topological polar surface area (TPSA) is 82.7 Å². The Balaban J connectivity index is 1.87. The minimum Gasteiger partial charge on any atom is -0.346 e. The van der Waals surface area contributed by atoms with Gasteiger partial charge in [-0.15, -0.1) is 5.10 Å². The number of nitrogens with zero attached hydrogens (tertiary/aromatic N) is 4. The third-order valence-corrected chi connectivity index (χ3v) is 3.52. The predicted octanol–water partition coefficient (Wildman–Crippen LogP) is 0.672. The number of nitro groups is 1. The van der Waals surface area contributed by atoms with E-state index in [0.717, 1.165) is 19.4 Å². The first-order chi connectivity index (χ1) is 9.10. The number of ether oxygens (including phenoxy) is 2. The fourth-order valence-electron chi connectivity index (χ4n) is 2.72. The fourth-order valence-corrected chi connectivity index (χ4v) is 2.72. The van der Waals surface area contributed by atoms with Gasteiger partial charge in [0, 0.05) is 20.0 Å². The maximum absolute atomic E-state index is 11.1. The fraction of sp³-hybridized carbons (Fsp3) is 0.727. The van der Waals surface area contributed by atoms with E-state index in [4.69, 9.17) is 9.47 Å². The molecule has 1 aromatic rings. The number of rotatable bonds is 2. The molecule has 8 heteroatoms. The smallest absolute Gasteiger partial charge is 0.330 e. The third kappa shape index (κ3) is 2.17. The second-order valence-corrected chi connectivity index (χ2v) is 4.90. The van der Waals surface area contributed by atoms with Crippen molar-refractivity contribution in [3.05, 3.63) is 16.3 Å². The molecule has 3 heterocycles. The van der Waals surface area contributed by atoms with Gasteiger partial charge < -0.3 is 14.4 Å². The molecule has 0 aliphatic carbocycles. The second-order valence-electron chi connectivity index (χ2n) is 4.90. The Kier molecular flexibility index (Phi) is 2.90. The summed E-state index contributed by atoms with van der Waals surface area (Å²) in [6, 6.07) is 0. The first-order valence-electron chi connectivity index (χ1n) is 6.31. The molecule has 0 amide bonds. The summed E-state index contributed by atoms with van der Waals surface area (Å²) in [6.45, 7) is 2.38. The number of piperidine rings is 1. The maximum atomic E-state index is 11.1. The van der Waals surface area contributed by atoms with E-state index in [1.54, 1.807) is 7.05 Å². The van der Waals surface area contributed by atoms with Crippen molar-refractivity contribution in [3.63, 3.8) is 0 Å². The largest absolute Gasteiger partial charge is 0.346 e. The van der Waals surface area contributed by atoms with E-state index >= 15 is 0 Å². The second kappa shape index (κ2) is 4.46. The molecule has 0 atom stereocenters. The van der Waals surface area contributed by atoms with E-state index in [-0.39, 0.29) is 5.69 Å². The van der Waals surface area contributed by atoms with E-state index in [9.17, 15) is 10.1 Å². The number of hydrogen-bond donors (Lipinski definition) is 0. The Hall–Kier alpha value is -1.67. The van der Waals surface area contributed by atoms with Gasteiger partial charge in [0.1, 0.15) is 6.20 Å². The zero-order chi connectivity index (χ0) is 13.5. The van der Waals surface area contributed by atoms with Crippen molar-refractivity contribution in [2.75, 3.05) is 31.2 Å². The van der Waals surface area contributed by atoms with Gasteiger partial charge in [0.25, 0.3) is 0 Å². The van der Waals surface area contributed by atoms with Crippen LogP contribution in [-0.2, 0) is 16.5 Å². The van der Waals surface area contributed by atoms with Crippen molar-refractivity contribution in [1.29, 1.82) is 0 Å². The van der Waals surface area contributed by atoms with Crippen molar-refractivity contribution in [1.82, 2.24) is 9.78 Å². The van der Waals surface area contributed by atoms with Crippen molar-refractivity contribution in [2.24, 2.45) is 7.05 Å². The first-order valence-corrected chi connectivity index (χ1v) is 6.31. The molecule has 104 valence electrons. The number of hydrogen-bond acceptors (Lipinski definition) is 6. The van der Waals surface area contributed by atoms with Crippen LogP contribution in [0.25, 0.3) is 0 Å². The molecule has 0 radical (unpaired) electrons. The van der Waals surface area contributed by atoms with E-state index in [2.05, 4.69) is 5.10 Å². The number of anilines is 1. The quantitative estimate of drug-likeness (QED) is 0.579. The van der Waals surface area contributed by atoms with Crippen molar-refractivity contribution < 1.29 is 14.4 Å². The molecule has 0 saturated carbocycles. The lowest BCUT2D eigenvalue weighted by Crippen LogP contribution is -2.49. The summed E-state index contributed by atoms with van der Waals surface area (Å²) in [5.41, 5.74) is 0.0255. The van der Waals surface area contributed by atoms with Gasteiger partial charge in [-0.2, -0.15) is 0 Å². The molecule has 1 aromatic heterocycles. The summed E-state index contributed by atoms with van der Waals surface area (Å²) in [4.78, 5) is 12.5. The first kappa shape index (κ1) is 12.4. The van der Waals surface area contributed by atoms with Crippen LogP contribution in [0.2, 0.25) is 0 Å². The molecule has 0 aromatic carbocycles. The SMILES string of the molecule is Cn1cc([N+](=O)[O-])c(N2CCCC3(C2)OCCO3)n1. The van der Waals surface area contributed by atoms with Gasteiger partial charge in [0.15, 0.2) is 5.79 Å². The lowest BCUT2D eigenvalue weighted by atomic mass is 10.0. The zero-order valence-electron chi connectivity index (χ0n) is 10.7. The summed E-state index contributed by atoms with van der Waals surface area (Å²) in [6.07, 6.45) is 3.12. The molecule has 19 heavy (non-hydrogen) atoms. The normalized spacial score (nSPS) is 22.1. The van der Waals surface area contributed by atoms with E-state index in [0.29, 0.717) is 25.6 Å². The van der Waals surface area contributed by atoms with Gasteiger partial charge in [-0.1, -0.05) is 0 Å². The van der Waals surface area contributed by atoms with Crippen LogP contribution in [0.3, 0.4) is 0 Å². The lowest BCUT2D eigenvalue weighted by Gasteiger charge is -2.38. The minimum atomic E-state index is -0.607. The van der Waals surface area contributed by atoms with Crippen LogP contribution >= 0.6 is 0 Å². The number of aryl methyl sites for hydroxylation is 1. The highest BCUT2D eigenvalue weighted by molar-refractivity contribution is 5.57. The van der Waals surface area contributed by atoms with Gasteiger partial charge in [0.2, 0.25) is 5.82 Å². The van der Waals surface area contributed by atoms with Crippen LogP contribution in [0.1, 0.15) is 12.8 Å². The summed E-state index contributed by atoms with van der Waals surface area (Å²) < 4.78 is 12.8. The average molecular weight is 268 g/mol. The Bertz CT molecular complexity index is 495. The molecule has 0 bridgehead atoms. The lowest BCUT2D eigenvalue weighted by molar-refractivity contribution is -0.384. The molecule has 2 fully saturated rings. The Morgan fingerprint density at radius 1 is 1.47 bits per heavy atom. The minimum absolute atomic E-state index is 0.0255. The van der Waals surface area contributed by atoms with Crippen LogP contribution in [-0.4, -0.2) is 46.8 Å². The van der Waals surface area contributed by atoms with Gasteiger partial charge in [-0.25, -0.2) is 0 Å². The van der Waals surface area contributed by atoms with Crippen LogP contribution in [0.15, 0.2) is 6.20 Å². The monoisotopic (exact) mass is 268 g/mol. The van der Waals surface area contributed by atoms with Crippen molar-refractivity contribution >= 4 is 11.5 Å². The highest BCUT2D eigenvalue weighted by Crippen LogP contribution is 2.35. The molecule has 2 saturated heterocycles. The average Bonchev–Trinajstić information content (AvgIpc) is 2.97. The van der Waals surface area contributed by atoms with Gasteiger partial charge in [-0.3, -0.25) is 14.8 Å². The van der Waals surface area contributed by atoms with Gasteiger partial charge in [-0.05, 0) is 6.42 Å². The summed E-state index contributed by atoms with van der Waals surface area (Å²) >= 11 is 0. The van der Waals surface area contributed by atoms with Crippen LogP contribution in [0.5, 0.6) is 0 Å². The van der Waals surface area contributed by atoms with Gasteiger partial charge in [0.05, 0.1) is 24.7 Å². The zero-order valence-corrected chi connectivity index (χ0v) is 10.7. The molecule has 3 rings (SSSR count). The summed E-state index contributed by atoms with van der Waals surface area (Å²) in [7, 11) is 1.68. The molecule has 1 spiro atoms. The third-order valence-electron chi connectivity index (χ3n) is 3.52. The van der Waals surface area contributed by atoms with Crippen molar-refractivity contribution in [3.8, 4) is 0 Å². The molecule has 8 nitrogen and oxygen atoms in total. The molecule has 0 N–H and O–H groups in total. The Morgan fingerprint density at radius 3 is 2.89 bits per heavy atom. The van der Waals surface area contributed by atoms with Crippen molar-refractivity contribution in [2.45, 2.75) is 18.6 Å². The summed E-state index contributed by atoms with van der Waals surface area (Å²) in [5, 5.41) is 15.3. The van der Waals surface area contributed by atoms with Crippen LogP contribution in [0.4, 0.5) is 11.5 Å². The van der Waals surface area contributed by atoms with Crippen LogP contribution in [0, 0.1) is 10.1 Å². The Morgan fingerprint density at radius 2 is 2.21 bits per heavy atom. The highest BCUT2D eigenvalue weighted by Gasteiger charge is 2.42. The standard InChI is InChI=1S/C11H16N4O4/c1-13-7-9(15(16)17)10(12-13)14-4-2-3-11(8-14)18-5-6-19-11/h7H,2-6,8H2,1H3. The van der Waals surface area contributed by atoms with Crippen LogP contribution < -0.4 is 4.90 Å². The van der Waals surface area contributed by atoms with E-state index in [1.807, 2.05) is 4.90 Å². The molecule has 2 aliphatic rings. The molecular weight excluding hydrogens is 252 g/mol. The van der Waals surface area contributed by atoms with E-state index in [1.165, 1.54) is 10.9 Å². The molecule has 2 aliphatic heterocycles. The summed E-state index contributed by atoms with van der Waals surface area (Å²) in [5.74, 6) is -0.213. The molecule has 0 unspecified atom stereocenters. The highest BCUT2D eigenvalue weighted by atomic mass is 16.7. The maximum Gasteiger partial charge on any atom is 0.330 e. The Labute approximate surface area is 110 Å². The molecular formula is C11H16N4O4. The number of aromatic nitrogens is 2. The van der Waals surface area contributed by atoms with E-state index < -0.39 is 10.7 Å².